The van der Waals surface area contributed by atoms with Gasteiger partial charge in [0.1, 0.15) is 0 Å². The van der Waals surface area contributed by atoms with Gasteiger partial charge < -0.3 is 15.4 Å². The summed E-state index contributed by atoms with van der Waals surface area (Å²) in [6.45, 7) is 4.82. The molecule has 0 saturated carbocycles. The molecule has 0 saturated heterocycles. The zero-order chi connectivity index (χ0) is 17.9. The Balaban J connectivity index is 1.83. The maximum atomic E-state index is 6.19. The third-order valence-electron chi connectivity index (χ3n) is 3.89. The van der Waals surface area contributed by atoms with Crippen LogP contribution in [-0.2, 0) is 24.3 Å². The number of benzene rings is 2. The van der Waals surface area contributed by atoms with Gasteiger partial charge in [0.2, 0.25) is 0 Å². The highest BCUT2D eigenvalue weighted by molar-refractivity contribution is 6.31. The van der Waals surface area contributed by atoms with E-state index in [9.17, 15) is 0 Å². The molecule has 0 amide bonds. The molecule has 2 N–H and O–H groups in total. The van der Waals surface area contributed by atoms with E-state index in [4.69, 9.17) is 16.3 Å². The van der Waals surface area contributed by atoms with Gasteiger partial charge in [0.25, 0.3) is 0 Å². The van der Waals surface area contributed by atoms with Gasteiger partial charge in [0.05, 0.1) is 6.61 Å². The summed E-state index contributed by atoms with van der Waals surface area (Å²) in [6, 6.07) is 16.2. The number of rotatable bonds is 8. The second-order valence-electron chi connectivity index (χ2n) is 5.60. The summed E-state index contributed by atoms with van der Waals surface area (Å²) < 4.78 is 5.53. The zero-order valence-electron chi connectivity index (χ0n) is 14.9. The first-order valence-corrected chi connectivity index (χ1v) is 8.94. The van der Waals surface area contributed by atoms with Crippen molar-refractivity contribution in [1.82, 2.24) is 10.6 Å². The van der Waals surface area contributed by atoms with Crippen LogP contribution in [0.4, 0.5) is 0 Å². The molecule has 0 fully saturated rings. The second-order valence-corrected chi connectivity index (χ2v) is 6.01. The van der Waals surface area contributed by atoms with Gasteiger partial charge in [-0.3, -0.25) is 4.99 Å². The highest BCUT2D eigenvalue weighted by atomic mass is 35.5. The number of aliphatic imine (C=N–C) groups is 1. The molecule has 0 unspecified atom stereocenters. The first-order chi connectivity index (χ1) is 12.2. The topological polar surface area (TPSA) is 45.6 Å². The molecular weight excluding hydrogens is 334 g/mol. The molecule has 0 aromatic heterocycles. The van der Waals surface area contributed by atoms with E-state index >= 15 is 0 Å². The van der Waals surface area contributed by atoms with Gasteiger partial charge in [-0.25, -0.2) is 0 Å². The van der Waals surface area contributed by atoms with E-state index in [2.05, 4.69) is 27.8 Å². The molecule has 0 bridgehead atoms. The highest BCUT2D eigenvalue weighted by Gasteiger charge is 2.04. The molecule has 2 aromatic rings. The van der Waals surface area contributed by atoms with Crippen LogP contribution in [0, 0.1) is 0 Å². The maximum Gasteiger partial charge on any atom is 0.191 e. The van der Waals surface area contributed by atoms with Crippen molar-refractivity contribution in [3.05, 3.63) is 70.2 Å². The molecule has 0 aliphatic heterocycles. The molecular formula is C20H26ClN3O. The normalized spacial score (nSPS) is 11.4. The number of nitrogens with one attached hydrogen (secondary N) is 2. The summed E-state index contributed by atoms with van der Waals surface area (Å²) in [4.78, 5) is 4.28. The van der Waals surface area contributed by atoms with Gasteiger partial charge in [0, 0.05) is 31.8 Å². The predicted octanol–water partition coefficient (Wildman–Crippen LogP) is 3.78. The standard InChI is InChI=1S/C20H26ClN3O/c1-3-25-15-18-10-5-4-9-17(18)14-24-20(22-2)23-13-12-16-8-6-7-11-19(16)21/h4-11H,3,12-15H2,1-2H3,(H2,22,23,24). The predicted molar refractivity (Wildman–Crippen MR) is 105 cm³/mol. The van der Waals surface area contributed by atoms with Crippen molar-refractivity contribution >= 4 is 17.6 Å². The van der Waals surface area contributed by atoms with Gasteiger partial charge >= 0.3 is 0 Å². The van der Waals surface area contributed by atoms with Gasteiger partial charge in [-0.2, -0.15) is 0 Å². The van der Waals surface area contributed by atoms with Crippen LogP contribution < -0.4 is 10.6 Å². The Bertz CT molecular complexity index is 688. The van der Waals surface area contributed by atoms with Crippen LogP contribution in [0.25, 0.3) is 0 Å². The van der Waals surface area contributed by atoms with Crippen LogP contribution in [0.15, 0.2) is 53.5 Å². The molecule has 0 heterocycles. The maximum absolute atomic E-state index is 6.19. The van der Waals surface area contributed by atoms with Crippen molar-refractivity contribution in [2.75, 3.05) is 20.2 Å². The van der Waals surface area contributed by atoms with Gasteiger partial charge in [-0.1, -0.05) is 54.1 Å². The van der Waals surface area contributed by atoms with Gasteiger partial charge in [-0.05, 0) is 36.1 Å². The lowest BCUT2D eigenvalue weighted by molar-refractivity contribution is 0.133. The van der Waals surface area contributed by atoms with Crippen molar-refractivity contribution in [3.8, 4) is 0 Å². The van der Waals surface area contributed by atoms with E-state index in [-0.39, 0.29) is 0 Å². The smallest absolute Gasteiger partial charge is 0.191 e. The summed E-state index contributed by atoms with van der Waals surface area (Å²) in [7, 11) is 1.77. The first-order valence-electron chi connectivity index (χ1n) is 8.57. The lowest BCUT2D eigenvalue weighted by Crippen LogP contribution is -2.38. The molecule has 0 radical (unpaired) electrons. The summed E-state index contributed by atoms with van der Waals surface area (Å²) in [5.41, 5.74) is 3.54. The fraction of sp³-hybridized carbons (Fsp3) is 0.350. The summed E-state index contributed by atoms with van der Waals surface area (Å²) in [5, 5.41) is 7.48. The Labute approximate surface area is 155 Å². The monoisotopic (exact) mass is 359 g/mol. The minimum absolute atomic E-state index is 0.632. The van der Waals surface area contributed by atoms with Crippen LogP contribution in [0.3, 0.4) is 0 Å². The average molecular weight is 360 g/mol. The quantitative estimate of drug-likeness (QED) is 0.557. The van der Waals surface area contributed by atoms with Crippen molar-refractivity contribution in [2.45, 2.75) is 26.5 Å². The van der Waals surface area contributed by atoms with Crippen LogP contribution in [0.5, 0.6) is 0 Å². The van der Waals surface area contributed by atoms with Crippen molar-refractivity contribution < 1.29 is 4.74 Å². The minimum atomic E-state index is 0.632. The van der Waals surface area contributed by atoms with Crippen LogP contribution in [0.2, 0.25) is 5.02 Å². The van der Waals surface area contributed by atoms with Gasteiger partial charge in [0.15, 0.2) is 5.96 Å². The van der Waals surface area contributed by atoms with E-state index in [1.165, 1.54) is 11.1 Å². The molecule has 0 aliphatic carbocycles. The minimum Gasteiger partial charge on any atom is -0.377 e. The Morgan fingerprint density at radius 2 is 1.68 bits per heavy atom. The average Bonchev–Trinajstić information content (AvgIpc) is 2.65. The van der Waals surface area contributed by atoms with E-state index in [0.29, 0.717) is 19.8 Å². The molecule has 0 atom stereocenters. The Kier molecular flexibility index (Phi) is 8.29. The molecule has 0 aliphatic rings. The Morgan fingerprint density at radius 1 is 1.00 bits per heavy atom. The summed E-state index contributed by atoms with van der Waals surface area (Å²) >= 11 is 6.19. The van der Waals surface area contributed by atoms with E-state index in [1.807, 2.05) is 43.3 Å². The SMILES string of the molecule is CCOCc1ccccc1CNC(=NC)NCCc1ccccc1Cl. The lowest BCUT2D eigenvalue weighted by atomic mass is 10.1. The fourth-order valence-electron chi connectivity index (χ4n) is 2.50. The third kappa shape index (κ3) is 6.40. The largest absolute Gasteiger partial charge is 0.377 e. The summed E-state index contributed by atoms with van der Waals surface area (Å²) in [5.74, 6) is 0.776. The van der Waals surface area contributed by atoms with Crippen molar-refractivity contribution in [2.24, 2.45) is 4.99 Å². The Morgan fingerprint density at radius 3 is 2.36 bits per heavy atom. The number of halogens is 1. The lowest BCUT2D eigenvalue weighted by Gasteiger charge is -2.14. The first kappa shape index (κ1) is 19.3. The molecule has 4 nitrogen and oxygen atoms in total. The Hall–Kier alpha value is -2.04. The van der Waals surface area contributed by atoms with Crippen molar-refractivity contribution in [1.29, 1.82) is 0 Å². The highest BCUT2D eigenvalue weighted by Crippen LogP contribution is 2.14. The van der Waals surface area contributed by atoms with Crippen LogP contribution in [-0.4, -0.2) is 26.2 Å². The molecule has 134 valence electrons. The molecule has 0 spiro atoms. The molecule has 5 heteroatoms. The summed E-state index contributed by atoms with van der Waals surface area (Å²) in [6.07, 6.45) is 0.849. The van der Waals surface area contributed by atoms with Crippen LogP contribution in [0.1, 0.15) is 23.6 Å². The molecule has 2 rings (SSSR count). The third-order valence-corrected chi connectivity index (χ3v) is 4.26. The van der Waals surface area contributed by atoms with Crippen molar-refractivity contribution in [3.63, 3.8) is 0 Å². The number of hydrogen-bond acceptors (Lipinski definition) is 2. The second kappa shape index (κ2) is 10.7. The molecule has 25 heavy (non-hydrogen) atoms. The van der Waals surface area contributed by atoms with E-state index in [0.717, 1.165) is 29.5 Å². The number of hydrogen-bond donors (Lipinski definition) is 2. The van der Waals surface area contributed by atoms with Gasteiger partial charge in [-0.15, -0.1) is 0 Å². The fourth-order valence-corrected chi connectivity index (χ4v) is 2.73. The van der Waals surface area contributed by atoms with Crippen LogP contribution >= 0.6 is 11.6 Å². The number of guanidine groups is 1. The van der Waals surface area contributed by atoms with E-state index < -0.39 is 0 Å². The number of ether oxygens (including phenoxy) is 1. The van der Waals surface area contributed by atoms with E-state index in [1.54, 1.807) is 7.05 Å². The molecule has 2 aromatic carbocycles. The zero-order valence-corrected chi connectivity index (χ0v) is 15.6. The number of nitrogens with zero attached hydrogens (tertiary/aromatic N) is 1.